The molecule has 1 saturated carbocycles. The normalized spacial score (nSPS) is 18.7. The summed E-state index contributed by atoms with van der Waals surface area (Å²) in [6.07, 6.45) is 2.40. The average molecular weight is 264 g/mol. The van der Waals surface area contributed by atoms with E-state index in [1.807, 2.05) is 0 Å². The topological polar surface area (TPSA) is 0 Å². The van der Waals surface area contributed by atoms with Crippen LogP contribution in [0.3, 0.4) is 0 Å². The first-order valence-corrected chi connectivity index (χ1v) is 5.50. The van der Waals surface area contributed by atoms with E-state index in [0.29, 0.717) is 10.4 Å². The van der Waals surface area contributed by atoms with Gasteiger partial charge in [0.2, 0.25) is 0 Å². The highest BCUT2D eigenvalue weighted by Gasteiger charge is 2.30. The molecule has 1 unspecified atom stereocenters. The second kappa shape index (κ2) is 3.58. The molecule has 1 atom stereocenters. The quantitative estimate of drug-likeness (QED) is 0.699. The van der Waals surface area contributed by atoms with Crippen molar-refractivity contribution in [2.75, 3.05) is 0 Å². The molecule has 0 heterocycles. The summed E-state index contributed by atoms with van der Waals surface area (Å²) in [7, 11) is 0. The maximum atomic E-state index is 12.9. The highest BCUT2D eigenvalue weighted by atomic mass is 79.9. The van der Waals surface area contributed by atoms with Crippen LogP contribution in [0.1, 0.15) is 23.8 Å². The molecule has 1 aromatic rings. The molecule has 70 valence electrons. The van der Waals surface area contributed by atoms with Gasteiger partial charge >= 0.3 is 0 Å². The molecule has 0 bridgehead atoms. The number of halogens is 3. The van der Waals surface area contributed by atoms with Crippen molar-refractivity contribution in [3.8, 4) is 0 Å². The molecule has 3 heteroatoms. The highest BCUT2D eigenvalue weighted by molar-refractivity contribution is 9.10. The minimum atomic E-state index is -0.233. The van der Waals surface area contributed by atoms with E-state index < -0.39 is 0 Å². The Hall–Kier alpha value is -0.0800. The van der Waals surface area contributed by atoms with Crippen LogP contribution in [0.2, 0.25) is 0 Å². The third-order valence-corrected chi connectivity index (χ3v) is 3.51. The molecular formula is C10H9BrClF. The van der Waals surface area contributed by atoms with Gasteiger partial charge in [-0.15, -0.1) is 11.6 Å². The van der Waals surface area contributed by atoms with Crippen LogP contribution in [0.4, 0.5) is 4.39 Å². The monoisotopic (exact) mass is 262 g/mol. The van der Waals surface area contributed by atoms with Gasteiger partial charge in [-0.25, -0.2) is 4.39 Å². The second-order valence-corrected chi connectivity index (χ2v) is 4.74. The second-order valence-electron chi connectivity index (χ2n) is 3.41. The highest BCUT2D eigenvalue weighted by Crippen LogP contribution is 2.45. The van der Waals surface area contributed by atoms with Crippen molar-refractivity contribution in [2.24, 2.45) is 5.92 Å². The number of alkyl halides is 1. The van der Waals surface area contributed by atoms with Gasteiger partial charge in [-0.3, -0.25) is 0 Å². The minimum absolute atomic E-state index is 0.0527. The molecule has 1 aromatic carbocycles. The van der Waals surface area contributed by atoms with Crippen LogP contribution in [0.15, 0.2) is 22.7 Å². The molecule has 2 rings (SSSR count). The van der Waals surface area contributed by atoms with Gasteiger partial charge in [0.1, 0.15) is 5.82 Å². The van der Waals surface area contributed by atoms with Crippen LogP contribution in [-0.4, -0.2) is 0 Å². The summed E-state index contributed by atoms with van der Waals surface area (Å²) in [5.74, 6) is 0.363. The zero-order valence-corrected chi connectivity index (χ0v) is 9.28. The molecule has 0 N–H and O–H groups in total. The zero-order valence-electron chi connectivity index (χ0n) is 6.93. The van der Waals surface area contributed by atoms with E-state index in [1.165, 1.54) is 18.9 Å². The van der Waals surface area contributed by atoms with Gasteiger partial charge in [-0.2, -0.15) is 0 Å². The maximum Gasteiger partial charge on any atom is 0.137 e. The van der Waals surface area contributed by atoms with Crippen LogP contribution in [0.5, 0.6) is 0 Å². The Kier molecular flexibility index (Phi) is 2.61. The van der Waals surface area contributed by atoms with Crippen molar-refractivity contribution in [1.82, 2.24) is 0 Å². The van der Waals surface area contributed by atoms with Crippen LogP contribution >= 0.6 is 27.5 Å². The molecule has 13 heavy (non-hydrogen) atoms. The lowest BCUT2D eigenvalue weighted by molar-refractivity contribution is 0.619. The summed E-state index contributed by atoms with van der Waals surface area (Å²) in [6, 6.07) is 4.98. The van der Waals surface area contributed by atoms with E-state index in [-0.39, 0.29) is 11.2 Å². The lowest BCUT2D eigenvalue weighted by Crippen LogP contribution is -1.93. The summed E-state index contributed by atoms with van der Waals surface area (Å²) in [5, 5.41) is 0.0527. The fourth-order valence-corrected chi connectivity index (χ4v) is 2.13. The Morgan fingerprint density at radius 1 is 1.46 bits per heavy atom. The minimum Gasteiger partial charge on any atom is -0.206 e. The standard InChI is InChI=1S/C10H9BrClF/c11-8-5-7(3-4-9(8)13)10(12)6-1-2-6/h3-6,10H,1-2H2. The molecule has 1 fully saturated rings. The first kappa shape index (κ1) is 9.47. The molecular weight excluding hydrogens is 254 g/mol. The van der Waals surface area contributed by atoms with Gasteiger partial charge in [0.05, 0.1) is 9.85 Å². The molecule has 0 amide bonds. The van der Waals surface area contributed by atoms with Crippen molar-refractivity contribution in [3.63, 3.8) is 0 Å². The van der Waals surface area contributed by atoms with Crippen molar-refractivity contribution in [2.45, 2.75) is 18.2 Å². The average Bonchev–Trinajstić information content (AvgIpc) is 2.91. The van der Waals surface area contributed by atoms with Crippen molar-refractivity contribution >= 4 is 27.5 Å². The predicted octanol–water partition coefficient (Wildman–Crippen LogP) is 4.28. The van der Waals surface area contributed by atoms with E-state index in [2.05, 4.69) is 15.9 Å². The SMILES string of the molecule is Fc1ccc(C(Cl)C2CC2)cc1Br. The third kappa shape index (κ3) is 2.05. The fraction of sp³-hybridized carbons (Fsp3) is 0.400. The Balaban J connectivity index is 2.24. The van der Waals surface area contributed by atoms with E-state index in [0.717, 1.165) is 5.56 Å². The third-order valence-electron chi connectivity index (χ3n) is 2.30. The van der Waals surface area contributed by atoms with Gasteiger partial charge in [-0.1, -0.05) is 6.07 Å². The number of hydrogen-bond acceptors (Lipinski definition) is 0. The summed E-state index contributed by atoms with van der Waals surface area (Å²) in [5.41, 5.74) is 1.01. The van der Waals surface area contributed by atoms with Crippen molar-refractivity contribution < 1.29 is 4.39 Å². The Morgan fingerprint density at radius 2 is 2.15 bits per heavy atom. The molecule has 0 aliphatic heterocycles. The van der Waals surface area contributed by atoms with E-state index >= 15 is 0 Å². The number of hydrogen-bond donors (Lipinski definition) is 0. The number of benzene rings is 1. The first-order valence-electron chi connectivity index (χ1n) is 4.27. The first-order chi connectivity index (χ1) is 6.18. The van der Waals surface area contributed by atoms with Crippen LogP contribution in [0.25, 0.3) is 0 Å². The Morgan fingerprint density at radius 3 is 2.69 bits per heavy atom. The predicted molar refractivity (Wildman–Crippen MR) is 55.4 cm³/mol. The molecule has 1 aliphatic carbocycles. The molecule has 1 aliphatic rings. The van der Waals surface area contributed by atoms with Crippen LogP contribution in [-0.2, 0) is 0 Å². The smallest absolute Gasteiger partial charge is 0.137 e. The lowest BCUT2D eigenvalue weighted by Gasteiger charge is -2.08. The largest absolute Gasteiger partial charge is 0.206 e. The van der Waals surface area contributed by atoms with Crippen LogP contribution < -0.4 is 0 Å². The van der Waals surface area contributed by atoms with Gasteiger partial charge < -0.3 is 0 Å². The van der Waals surface area contributed by atoms with Crippen LogP contribution in [0, 0.1) is 11.7 Å². The fourth-order valence-electron chi connectivity index (χ4n) is 1.34. The van der Waals surface area contributed by atoms with Gasteiger partial charge in [0.15, 0.2) is 0 Å². The van der Waals surface area contributed by atoms with Crippen molar-refractivity contribution in [1.29, 1.82) is 0 Å². The zero-order chi connectivity index (χ0) is 9.42. The summed E-state index contributed by atoms with van der Waals surface area (Å²) < 4.78 is 13.4. The Labute approximate surface area is 90.2 Å². The summed E-state index contributed by atoms with van der Waals surface area (Å²) >= 11 is 9.33. The van der Waals surface area contributed by atoms with E-state index in [1.54, 1.807) is 12.1 Å². The van der Waals surface area contributed by atoms with E-state index in [4.69, 9.17) is 11.6 Å². The van der Waals surface area contributed by atoms with Gasteiger partial charge in [0.25, 0.3) is 0 Å². The summed E-state index contributed by atoms with van der Waals surface area (Å²) in [4.78, 5) is 0. The molecule has 0 spiro atoms. The van der Waals surface area contributed by atoms with Gasteiger partial charge in [-0.05, 0) is 52.4 Å². The maximum absolute atomic E-state index is 12.9. The van der Waals surface area contributed by atoms with Crippen molar-refractivity contribution in [3.05, 3.63) is 34.1 Å². The molecule has 0 radical (unpaired) electrons. The summed E-state index contributed by atoms with van der Waals surface area (Å²) in [6.45, 7) is 0. The van der Waals surface area contributed by atoms with E-state index in [9.17, 15) is 4.39 Å². The number of rotatable bonds is 2. The molecule has 0 nitrogen and oxygen atoms in total. The molecule has 0 saturated heterocycles. The molecule has 0 aromatic heterocycles. The Bertz CT molecular complexity index is 323. The van der Waals surface area contributed by atoms with Gasteiger partial charge in [0, 0.05) is 0 Å². The lowest BCUT2D eigenvalue weighted by atomic mass is 10.1.